The number of nitrogens with one attached hydrogen (secondary N) is 1. The summed E-state index contributed by atoms with van der Waals surface area (Å²) in [7, 11) is 0. The van der Waals surface area contributed by atoms with Crippen LogP contribution >= 0.6 is 0 Å². The lowest BCUT2D eigenvalue weighted by Gasteiger charge is -2.30. The number of benzene rings is 1. The first-order chi connectivity index (χ1) is 11.5. The Balaban J connectivity index is 2.01. The second-order valence-electron chi connectivity index (χ2n) is 8.04. The van der Waals surface area contributed by atoms with E-state index in [1.54, 1.807) is 6.07 Å². The molecular formula is C19H23F3N2O. The molecule has 0 aliphatic heterocycles. The first-order valence-electron chi connectivity index (χ1n) is 8.57. The number of hydrogen-bond donors (Lipinski definition) is 1. The van der Waals surface area contributed by atoms with Crippen molar-refractivity contribution in [3.05, 3.63) is 29.8 Å². The quantitative estimate of drug-likeness (QED) is 0.749. The van der Waals surface area contributed by atoms with E-state index < -0.39 is 11.7 Å². The van der Waals surface area contributed by atoms with Crippen molar-refractivity contribution in [3.8, 4) is 0 Å². The third-order valence-corrected chi connectivity index (χ3v) is 4.57. The van der Waals surface area contributed by atoms with Gasteiger partial charge >= 0.3 is 6.18 Å². The van der Waals surface area contributed by atoms with E-state index in [1.165, 1.54) is 12.1 Å². The summed E-state index contributed by atoms with van der Waals surface area (Å²) in [4.78, 5) is 12.3. The van der Waals surface area contributed by atoms with Crippen molar-refractivity contribution in [2.45, 2.75) is 58.7 Å². The van der Waals surface area contributed by atoms with Gasteiger partial charge in [-0.05, 0) is 42.9 Å². The Morgan fingerprint density at radius 1 is 1.20 bits per heavy atom. The average Bonchev–Trinajstić information content (AvgIpc) is 2.71. The van der Waals surface area contributed by atoms with Gasteiger partial charge < -0.3 is 9.88 Å². The number of nitrogens with zero attached hydrogens (tertiary/aromatic N) is 1. The highest BCUT2D eigenvalue weighted by molar-refractivity contribution is 5.95. The Labute approximate surface area is 145 Å². The highest BCUT2D eigenvalue weighted by Gasteiger charge is 2.32. The van der Waals surface area contributed by atoms with E-state index in [1.807, 2.05) is 25.3 Å². The average molecular weight is 352 g/mol. The van der Waals surface area contributed by atoms with E-state index >= 15 is 0 Å². The summed E-state index contributed by atoms with van der Waals surface area (Å²) in [6.07, 6.45) is -1.13. The molecule has 1 saturated carbocycles. The standard InChI is InChI=1S/C19H23F3N2O/c1-18(2,3)11-17(25)23-16-9-12-7-8-13(19(20,21)22)10-15(12)24(16)14-5-4-6-14/h7-10,14H,4-6,11H2,1-3H3,(H,23,25). The van der Waals surface area contributed by atoms with Gasteiger partial charge in [0.05, 0.1) is 11.1 Å². The predicted molar refractivity (Wildman–Crippen MR) is 92.5 cm³/mol. The molecular weight excluding hydrogens is 329 g/mol. The first-order valence-corrected chi connectivity index (χ1v) is 8.57. The van der Waals surface area contributed by atoms with Crippen LogP contribution in [0.15, 0.2) is 24.3 Å². The fraction of sp³-hybridized carbons (Fsp3) is 0.526. The lowest BCUT2D eigenvalue weighted by Crippen LogP contribution is -2.24. The molecule has 0 atom stereocenters. The van der Waals surface area contributed by atoms with Crippen LogP contribution in [0.1, 0.15) is 58.1 Å². The number of carbonyl (C=O) groups is 1. The van der Waals surface area contributed by atoms with Gasteiger partial charge in [0.1, 0.15) is 5.82 Å². The minimum atomic E-state index is -4.38. The number of anilines is 1. The molecule has 2 aromatic rings. The van der Waals surface area contributed by atoms with E-state index in [2.05, 4.69) is 5.32 Å². The molecule has 1 aromatic heterocycles. The van der Waals surface area contributed by atoms with E-state index in [0.29, 0.717) is 23.1 Å². The number of amides is 1. The summed E-state index contributed by atoms with van der Waals surface area (Å²) in [6.45, 7) is 5.93. The zero-order valence-electron chi connectivity index (χ0n) is 14.7. The largest absolute Gasteiger partial charge is 0.416 e. The number of aromatic nitrogens is 1. The highest BCUT2D eigenvalue weighted by atomic mass is 19.4. The zero-order chi connectivity index (χ0) is 18.4. The summed E-state index contributed by atoms with van der Waals surface area (Å²) in [5.41, 5.74) is -0.280. The van der Waals surface area contributed by atoms with Gasteiger partial charge in [-0.1, -0.05) is 26.8 Å². The number of rotatable bonds is 3. The minimum Gasteiger partial charge on any atom is -0.324 e. The van der Waals surface area contributed by atoms with Crippen molar-refractivity contribution in [2.24, 2.45) is 5.41 Å². The van der Waals surface area contributed by atoms with Crippen LogP contribution in [0.5, 0.6) is 0 Å². The molecule has 1 heterocycles. The van der Waals surface area contributed by atoms with Gasteiger partial charge in [-0.3, -0.25) is 4.79 Å². The molecule has 3 nitrogen and oxygen atoms in total. The summed E-state index contributed by atoms with van der Waals surface area (Å²) >= 11 is 0. The van der Waals surface area contributed by atoms with Crippen LogP contribution < -0.4 is 5.32 Å². The van der Waals surface area contributed by atoms with Crippen LogP contribution in [0.25, 0.3) is 10.9 Å². The summed E-state index contributed by atoms with van der Waals surface area (Å²) in [5.74, 6) is 0.472. The van der Waals surface area contributed by atoms with Crippen molar-refractivity contribution >= 4 is 22.6 Å². The molecule has 25 heavy (non-hydrogen) atoms. The Kier molecular flexibility index (Phi) is 4.33. The third-order valence-electron chi connectivity index (χ3n) is 4.57. The molecule has 6 heteroatoms. The highest BCUT2D eigenvalue weighted by Crippen LogP contribution is 2.40. The number of alkyl halides is 3. The van der Waals surface area contributed by atoms with Crippen LogP contribution in [0, 0.1) is 5.41 Å². The monoisotopic (exact) mass is 352 g/mol. The Hall–Kier alpha value is -1.98. The maximum atomic E-state index is 13.1. The van der Waals surface area contributed by atoms with Crippen LogP contribution in [-0.2, 0) is 11.0 Å². The molecule has 0 bridgehead atoms. The Bertz CT molecular complexity index is 795. The number of fused-ring (bicyclic) bond motifs is 1. The Morgan fingerprint density at radius 3 is 2.40 bits per heavy atom. The van der Waals surface area contributed by atoms with Crippen LogP contribution in [0.4, 0.5) is 19.0 Å². The van der Waals surface area contributed by atoms with Crippen molar-refractivity contribution in [1.29, 1.82) is 0 Å². The van der Waals surface area contributed by atoms with Gasteiger partial charge in [-0.15, -0.1) is 0 Å². The smallest absolute Gasteiger partial charge is 0.324 e. The minimum absolute atomic E-state index is 0.119. The molecule has 1 N–H and O–H groups in total. The molecule has 0 saturated heterocycles. The molecule has 1 fully saturated rings. The molecule has 0 unspecified atom stereocenters. The van der Waals surface area contributed by atoms with Crippen LogP contribution in [0.2, 0.25) is 0 Å². The van der Waals surface area contributed by atoms with Gasteiger partial charge in [0.2, 0.25) is 5.91 Å². The van der Waals surface area contributed by atoms with E-state index in [4.69, 9.17) is 0 Å². The number of halogens is 3. The second-order valence-corrected chi connectivity index (χ2v) is 8.04. The second kappa shape index (κ2) is 6.07. The molecule has 0 spiro atoms. The lowest BCUT2D eigenvalue weighted by atomic mass is 9.92. The molecule has 1 aliphatic rings. The fourth-order valence-electron chi connectivity index (χ4n) is 3.20. The van der Waals surface area contributed by atoms with Gasteiger partial charge in [0.25, 0.3) is 0 Å². The van der Waals surface area contributed by atoms with Gasteiger partial charge in [0, 0.05) is 17.8 Å². The normalized spacial score (nSPS) is 16.1. The summed E-state index contributed by atoms with van der Waals surface area (Å²) < 4.78 is 41.1. The van der Waals surface area contributed by atoms with Crippen molar-refractivity contribution in [1.82, 2.24) is 4.57 Å². The molecule has 0 radical (unpaired) electrons. The lowest BCUT2D eigenvalue weighted by molar-refractivity contribution is -0.137. The maximum absolute atomic E-state index is 13.1. The zero-order valence-corrected chi connectivity index (χ0v) is 14.7. The fourth-order valence-corrected chi connectivity index (χ4v) is 3.20. The molecule has 1 aromatic carbocycles. The topological polar surface area (TPSA) is 34.0 Å². The SMILES string of the molecule is CC(C)(C)CC(=O)Nc1cc2ccc(C(F)(F)F)cc2n1C1CCC1. The first kappa shape index (κ1) is 17.8. The van der Waals surface area contributed by atoms with Crippen LogP contribution in [-0.4, -0.2) is 10.5 Å². The van der Waals surface area contributed by atoms with E-state index in [0.717, 1.165) is 25.3 Å². The third kappa shape index (κ3) is 3.83. The molecule has 136 valence electrons. The Morgan fingerprint density at radius 2 is 1.88 bits per heavy atom. The molecule has 1 amide bonds. The van der Waals surface area contributed by atoms with E-state index in [-0.39, 0.29) is 17.4 Å². The van der Waals surface area contributed by atoms with Gasteiger partial charge in [0.15, 0.2) is 0 Å². The van der Waals surface area contributed by atoms with Gasteiger partial charge in [-0.2, -0.15) is 13.2 Å². The summed E-state index contributed by atoms with van der Waals surface area (Å²) in [6, 6.07) is 5.67. The van der Waals surface area contributed by atoms with Crippen molar-refractivity contribution in [3.63, 3.8) is 0 Å². The van der Waals surface area contributed by atoms with Crippen molar-refractivity contribution < 1.29 is 18.0 Å². The molecule has 3 rings (SSSR count). The number of hydrogen-bond acceptors (Lipinski definition) is 1. The summed E-state index contributed by atoms with van der Waals surface area (Å²) in [5, 5.41) is 3.62. The van der Waals surface area contributed by atoms with Crippen LogP contribution in [0.3, 0.4) is 0 Å². The van der Waals surface area contributed by atoms with Gasteiger partial charge in [-0.25, -0.2) is 0 Å². The number of carbonyl (C=O) groups excluding carboxylic acids is 1. The maximum Gasteiger partial charge on any atom is 0.416 e. The van der Waals surface area contributed by atoms with Crippen molar-refractivity contribution in [2.75, 3.05) is 5.32 Å². The predicted octanol–water partition coefficient (Wildman–Crippen LogP) is 5.76. The molecule has 1 aliphatic carbocycles. The van der Waals surface area contributed by atoms with E-state index in [9.17, 15) is 18.0 Å².